The van der Waals surface area contributed by atoms with E-state index in [1.165, 1.54) is 16.3 Å². The van der Waals surface area contributed by atoms with Crippen molar-refractivity contribution < 1.29 is 0 Å². The number of hydrogen-bond donors (Lipinski definition) is 1. The molecule has 1 aromatic heterocycles. The van der Waals surface area contributed by atoms with Gasteiger partial charge in [0.2, 0.25) is 0 Å². The first-order chi connectivity index (χ1) is 8.19. The smallest absolute Gasteiger partial charge is 0.0926 e. The third-order valence-corrected chi connectivity index (χ3v) is 4.09. The summed E-state index contributed by atoms with van der Waals surface area (Å²) < 4.78 is 1.11. The number of aromatic nitrogens is 1. The predicted octanol–water partition coefficient (Wildman–Crippen LogP) is 4.39. The number of nitrogens with one attached hydrogen (secondary N) is 1. The highest BCUT2D eigenvalue weighted by Crippen LogP contribution is 2.21. The Morgan fingerprint density at radius 1 is 1.41 bits per heavy atom. The summed E-state index contributed by atoms with van der Waals surface area (Å²) in [5, 5.41) is 6.75. The molecule has 0 radical (unpaired) electrons. The third-order valence-electron chi connectivity index (χ3n) is 2.55. The summed E-state index contributed by atoms with van der Waals surface area (Å²) in [6, 6.07) is 6.25. The maximum absolute atomic E-state index is 4.54. The zero-order valence-electron chi connectivity index (χ0n) is 9.96. The number of thiazole rings is 1. The molecule has 90 valence electrons. The maximum atomic E-state index is 4.54. The number of aryl methyl sites for hydroxylation is 2. The van der Waals surface area contributed by atoms with Crippen LogP contribution in [0.2, 0.25) is 0 Å². The monoisotopic (exact) mass is 310 g/mol. The average Bonchev–Trinajstić information content (AvgIpc) is 2.76. The van der Waals surface area contributed by atoms with E-state index in [2.05, 4.69) is 57.6 Å². The van der Waals surface area contributed by atoms with Crippen molar-refractivity contribution >= 4 is 33.0 Å². The molecule has 0 saturated heterocycles. The Hall–Kier alpha value is -0.870. The predicted molar refractivity (Wildman–Crippen MR) is 77.7 cm³/mol. The van der Waals surface area contributed by atoms with Crippen molar-refractivity contribution in [3.05, 3.63) is 44.3 Å². The van der Waals surface area contributed by atoms with Crippen LogP contribution in [0.15, 0.2) is 28.1 Å². The number of anilines is 1. The van der Waals surface area contributed by atoms with Gasteiger partial charge in [0.15, 0.2) is 0 Å². The van der Waals surface area contributed by atoms with Crippen LogP contribution in [0, 0.1) is 6.92 Å². The lowest BCUT2D eigenvalue weighted by molar-refractivity contribution is 1.01. The molecule has 1 N–H and O–H groups in total. The van der Waals surface area contributed by atoms with Gasteiger partial charge in [-0.15, -0.1) is 11.3 Å². The normalized spacial score (nSPS) is 10.5. The number of benzene rings is 1. The standard InChI is InChI=1S/C13H15BrN2S/c1-3-13-16-11(8-17-13)7-15-12-5-4-10(14)6-9(12)2/h4-6,8,15H,3,7H2,1-2H3. The molecule has 4 heteroatoms. The van der Waals surface area contributed by atoms with Gasteiger partial charge in [-0.3, -0.25) is 0 Å². The lowest BCUT2D eigenvalue weighted by atomic mass is 10.2. The minimum atomic E-state index is 0.791. The molecule has 0 aliphatic carbocycles. The van der Waals surface area contributed by atoms with Crippen LogP contribution in [-0.2, 0) is 13.0 Å². The quantitative estimate of drug-likeness (QED) is 0.906. The molecule has 0 spiro atoms. The zero-order chi connectivity index (χ0) is 12.3. The van der Waals surface area contributed by atoms with Crippen LogP contribution in [0.3, 0.4) is 0 Å². The van der Waals surface area contributed by atoms with Gasteiger partial charge in [-0.25, -0.2) is 4.98 Å². The molecule has 0 aliphatic heterocycles. The minimum absolute atomic E-state index is 0.791. The van der Waals surface area contributed by atoms with Gasteiger partial charge in [0, 0.05) is 15.5 Å². The molecule has 0 saturated carbocycles. The highest BCUT2D eigenvalue weighted by atomic mass is 79.9. The maximum Gasteiger partial charge on any atom is 0.0926 e. The zero-order valence-corrected chi connectivity index (χ0v) is 12.4. The Morgan fingerprint density at radius 2 is 2.24 bits per heavy atom. The fourth-order valence-electron chi connectivity index (χ4n) is 1.60. The van der Waals surface area contributed by atoms with Crippen molar-refractivity contribution in [3.8, 4) is 0 Å². The van der Waals surface area contributed by atoms with Crippen molar-refractivity contribution in [1.82, 2.24) is 4.98 Å². The number of hydrogen-bond acceptors (Lipinski definition) is 3. The van der Waals surface area contributed by atoms with Gasteiger partial charge >= 0.3 is 0 Å². The molecule has 0 atom stereocenters. The van der Waals surface area contributed by atoms with Crippen LogP contribution in [0.4, 0.5) is 5.69 Å². The summed E-state index contributed by atoms with van der Waals surface area (Å²) >= 11 is 5.20. The Bertz CT molecular complexity index is 508. The van der Waals surface area contributed by atoms with Gasteiger partial charge in [-0.1, -0.05) is 22.9 Å². The van der Waals surface area contributed by atoms with Crippen molar-refractivity contribution in [2.24, 2.45) is 0 Å². The number of halogens is 1. The van der Waals surface area contributed by atoms with Gasteiger partial charge in [0.1, 0.15) is 0 Å². The second-order valence-corrected chi connectivity index (χ2v) is 5.76. The van der Waals surface area contributed by atoms with E-state index in [1.54, 1.807) is 11.3 Å². The molecule has 0 fully saturated rings. The topological polar surface area (TPSA) is 24.9 Å². The Morgan fingerprint density at radius 3 is 2.88 bits per heavy atom. The molecule has 0 bridgehead atoms. The van der Waals surface area contributed by atoms with Gasteiger partial charge in [-0.05, 0) is 37.1 Å². The van der Waals surface area contributed by atoms with Crippen LogP contribution < -0.4 is 5.32 Å². The molecule has 2 aromatic rings. The fraction of sp³-hybridized carbons (Fsp3) is 0.308. The van der Waals surface area contributed by atoms with Crippen LogP contribution >= 0.6 is 27.3 Å². The first-order valence-corrected chi connectivity index (χ1v) is 7.29. The summed E-state index contributed by atoms with van der Waals surface area (Å²) in [5.41, 5.74) is 3.53. The highest BCUT2D eigenvalue weighted by Gasteiger charge is 2.02. The molecule has 17 heavy (non-hydrogen) atoms. The van der Waals surface area contributed by atoms with E-state index in [-0.39, 0.29) is 0 Å². The van der Waals surface area contributed by atoms with Crippen LogP contribution in [0.1, 0.15) is 23.2 Å². The van der Waals surface area contributed by atoms with Crippen molar-refractivity contribution in [1.29, 1.82) is 0 Å². The second kappa shape index (κ2) is 5.65. The average molecular weight is 311 g/mol. The van der Waals surface area contributed by atoms with Crippen molar-refractivity contribution in [2.75, 3.05) is 5.32 Å². The Labute approximate surface area is 114 Å². The second-order valence-electron chi connectivity index (χ2n) is 3.90. The highest BCUT2D eigenvalue weighted by molar-refractivity contribution is 9.10. The van der Waals surface area contributed by atoms with Crippen molar-refractivity contribution in [2.45, 2.75) is 26.8 Å². The van der Waals surface area contributed by atoms with E-state index in [9.17, 15) is 0 Å². The van der Waals surface area contributed by atoms with Gasteiger partial charge in [0.05, 0.1) is 17.2 Å². The lowest BCUT2D eigenvalue weighted by Crippen LogP contribution is -2.01. The summed E-state index contributed by atoms with van der Waals surface area (Å²) in [4.78, 5) is 4.54. The summed E-state index contributed by atoms with van der Waals surface area (Å²) in [6.45, 7) is 5.03. The molecule has 0 aliphatic rings. The molecule has 1 heterocycles. The van der Waals surface area contributed by atoms with Crippen LogP contribution in [0.5, 0.6) is 0 Å². The van der Waals surface area contributed by atoms with Crippen molar-refractivity contribution in [3.63, 3.8) is 0 Å². The largest absolute Gasteiger partial charge is 0.379 e. The Balaban J connectivity index is 2.02. The van der Waals surface area contributed by atoms with Gasteiger partial charge in [0.25, 0.3) is 0 Å². The molecule has 0 unspecified atom stereocenters. The molecule has 0 amide bonds. The molecular formula is C13H15BrN2S. The lowest BCUT2D eigenvalue weighted by Gasteiger charge is -2.08. The van der Waals surface area contributed by atoms with E-state index in [0.29, 0.717) is 0 Å². The minimum Gasteiger partial charge on any atom is -0.379 e. The van der Waals surface area contributed by atoms with E-state index >= 15 is 0 Å². The Kier molecular flexibility index (Phi) is 4.18. The summed E-state index contributed by atoms with van der Waals surface area (Å²) in [7, 11) is 0. The summed E-state index contributed by atoms with van der Waals surface area (Å²) in [6.07, 6.45) is 1.02. The fourth-order valence-corrected chi connectivity index (χ4v) is 2.82. The van der Waals surface area contributed by atoms with Gasteiger partial charge in [-0.2, -0.15) is 0 Å². The number of nitrogens with zero attached hydrogens (tertiary/aromatic N) is 1. The molecule has 2 rings (SSSR count). The van der Waals surface area contributed by atoms with Crippen LogP contribution in [0.25, 0.3) is 0 Å². The third kappa shape index (κ3) is 3.30. The SMILES string of the molecule is CCc1nc(CNc2ccc(Br)cc2C)cs1. The first-order valence-electron chi connectivity index (χ1n) is 5.62. The van der Waals surface area contributed by atoms with E-state index in [4.69, 9.17) is 0 Å². The van der Waals surface area contributed by atoms with E-state index in [0.717, 1.165) is 23.1 Å². The van der Waals surface area contributed by atoms with Crippen LogP contribution in [-0.4, -0.2) is 4.98 Å². The molecular weight excluding hydrogens is 296 g/mol. The van der Waals surface area contributed by atoms with Gasteiger partial charge < -0.3 is 5.32 Å². The summed E-state index contributed by atoms with van der Waals surface area (Å²) in [5.74, 6) is 0. The number of rotatable bonds is 4. The molecule has 1 aromatic carbocycles. The molecule has 2 nitrogen and oxygen atoms in total. The first kappa shape index (κ1) is 12.6. The van der Waals surface area contributed by atoms with E-state index in [1.807, 2.05) is 6.07 Å². The van der Waals surface area contributed by atoms with E-state index < -0.39 is 0 Å².